The van der Waals surface area contributed by atoms with Gasteiger partial charge in [-0.1, -0.05) is 38.8 Å². The molecule has 0 aliphatic heterocycles. The highest BCUT2D eigenvalue weighted by molar-refractivity contribution is 7.96. The molecule has 0 bridgehead atoms. The van der Waals surface area contributed by atoms with Crippen molar-refractivity contribution in [2.45, 2.75) is 45.4 Å². The molecular formula is C13H26N2O3S2. The fraction of sp³-hybridized carbons (Fsp3) is 0.769. The van der Waals surface area contributed by atoms with Crippen LogP contribution in [0.2, 0.25) is 0 Å². The number of thiocarbonyl (C=S) groups is 1. The van der Waals surface area contributed by atoms with E-state index in [0.717, 1.165) is 12.8 Å². The lowest BCUT2D eigenvalue weighted by atomic mass is 10.1. The number of ketones is 1. The van der Waals surface area contributed by atoms with Crippen LogP contribution in [0.25, 0.3) is 0 Å². The quantitative estimate of drug-likeness (QED) is 0.408. The molecule has 1 amide bonds. The fourth-order valence-electron chi connectivity index (χ4n) is 1.26. The fourth-order valence-corrected chi connectivity index (χ4v) is 1.34. The van der Waals surface area contributed by atoms with Crippen LogP contribution in [0.1, 0.15) is 45.4 Å². The molecule has 0 saturated carbocycles. The summed E-state index contributed by atoms with van der Waals surface area (Å²) in [4.78, 5) is 22.2. The molecule has 7 heteroatoms. The molecule has 0 saturated heterocycles. The Morgan fingerprint density at radius 1 is 1.20 bits per heavy atom. The highest BCUT2D eigenvalue weighted by Gasteiger charge is 2.04. The number of amides is 1. The second-order valence-corrected chi connectivity index (χ2v) is 5.24. The first-order valence-electron chi connectivity index (χ1n) is 6.65. The van der Waals surface area contributed by atoms with Gasteiger partial charge in [0.2, 0.25) is 0 Å². The van der Waals surface area contributed by atoms with E-state index in [4.69, 9.17) is 21.7 Å². The van der Waals surface area contributed by atoms with Gasteiger partial charge in [0.1, 0.15) is 5.78 Å². The molecule has 0 aliphatic carbocycles. The van der Waals surface area contributed by atoms with Gasteiger partial charge in [0, 0.05) is 26.9 Å². The van der Waals surface area contributed by atoms with Crippen LogP contribution in [0.3, 0.4) is 0 Å². The number of Topliss-reactive ketones (excluding diaryl/α,β-unsaturated/α-hetero) is 1. The van der Waals surface area contributed by atoms with Crippen LogP contribution >= 0.6 is 24.8 Å². The van der Waals surface area contributed by atoms with Gasteiger partial charge in [0.15, 0.2) is 0 Å². The van der Waals surface area contributed by atoms with Gasteiger partial charge in [-0.3, -0.25) is 9.59 Å². The summed E-state index contributed by atoms with van der Waals surface area (Å²) < 4.78 is 5.24. The molecule has 0 rings (SSSR count). The van der Waals surface area contributed by atoms with Crippen molar-refractivity contribution in [1.29, 1.82) is 0 Å². The van der Waals surface area contributed by atoms with Gasteiger partial charge in [-0.2, -0.15) is 0 Å². The van der Waals surface area contributed by atoms with Crippen molar-refractivity contribution in [1.82, 2.24) is 4.90 Å². The summed E-state index contributed by atoms with van der Waals surface area (Å²) in [6.07, 6.45) is 5.73. The minimum atomic E-state index is -0.639. The van der Waals surface area contributed by atoms with Crippen LogP contribution in [-0.2, 0) is 9.53 Å². The number of ether oxygens (including phenoxy) is 1. The summed E-state index contributed by atoms with van der Waals surface area (Å²) in [5.41, 5.74) is 4.34. The van der Waals surface area contributed by atoms with Crippen LogP contribution in [0.5, 0.6) is 0 Å². The van der Waals surface area contributed by atoms with E-state index >= 15 is 0 Å². The number of primary amides is 1. The summed E-state index contributed by atoms with van der Waals surface area (Å²) in [6, 6.07) is 0. The zero-order chi connectivity index (χ0) is 16.0. The second-order valence-electron chi connectivity index (χ2n) is 4.45. The van der Waals surface area contributed by atoms with Gasteiger partial charge < -0.3 is 15.4 Å². The second kappa shape index (κ2) is 14.6. The maximum absolute atomic E-state index is 11.4. The van der Waals surface area contributed by atoms with Gasteiger partial charge in [0.25, 0.3) is 10.4 Å². The van der Waals surface area contributed by atoms with Crippen molar-refractivity contribution in [3.63, 3.8) is 0 Å². The molecule has 0 aromatic rings. The molecule has 2 N–H and O–H groups in total. The summed E-state index contributed by atoms with van der Waals surface area (Å²) in [5, 5.41) is -0.196. The van der Waals surface area contributed by atoms with Crippen LogP contribution in [0.4, 0.5) is 4.79 Å². The van der Waals surface area contributed by atoms with Crippen LogP contribution in [0, 0.1) is 0 Å². The zero-order valence-electron chi connectivity index (χ0n) is 12.6. The molecule has 0 radical (unpaired) electrons. The van der Waals surface area contributed by atoms with E-state index in [1.165, 1.54) is 12.8 Å². The summed E-state index contributed by atoms with van der Waals surface area (Å²) in [6.45, 7) is 2.57. The van der Waals surface area contributed by atoms with Gasteiger partial charge >= 0.3 is 0 Å². The van der Waals surface area contributed by atoms with E-state index in [1.807, 2.05) is 14.1 Å². The third-order valence-corrected chi connectivity index (χ3v) is 2.76. The Balaban J connectivity index is 0. The maximum atomic E-state index is 11.4. The summed E-state index contributed by atoms with van der Waals surface area (Å²) >= 11 is 8.05. The maximum Gasteiger partial charge on any atom is 0.273 e. The first kappa shape index (κ1) is 21.5. The molecule has 0 aromatic carbocycles. The number of thiol groups is 1. The Bertz CT molecular complexity index is 293. The number of carbonyl (C=O) groups excluding carboxylic acids is 2. The lowest BCUT2D eigenvalue weighted by molar-refractivity contribution is -0.119. The van der Waals surface area contributed by atoms with Gasteiger partial charge in [0.05, 0.1) is 6.61 Å². The highest BCUT2D eigenvalue weighted by atomic mass is 32.1. The smallest absolute Gasteiger partial charge is 0.273 e. The van der Waals surface area contributed by atoms with E-state index in [2.05, 4.69) is 25.3 Å². The van der Waals surface area contributed by atoms with Crippen LogP contribution < -0.4 is 5.73 Å². The van der Waals surface area contributed by atoms with Crippen molar-refractivity contribution in [3.8, 4) is 0 Å². The number of nitrogens with zero attached hydrogens (tertiary/aromatic N) is 1. The summed E-state index contributed by atoms with van der Waals surface area (Å²) in [7, 11) is 3.66. The van der Waals surface area contributed by atoms with Gasteiger partial charge in [-0.25, -0.2) is 0 Å². The molecule has 0 aliphatic rings. The van der Waals surface area contributed by atoms with Gasteiger partial charge in [-0.15, -0.1) is 0 Å². The minimum Gasteiger partial charge on any atom is -0.470 e. The van der Waals surface area contributed by atoms with Crippen molar-refractivity contribution < 1.29 is 14.3 Å². The van der Waals surface area contributed by atoms with E-state index in [9.17, 15) is 4.79 Å². The molecule has 0 heterocycles. The molecule has 0 aromatic heterocycles. The van der Waals surface area contributed by atoms with Crippen molar-refractivity contribution in [3.05, 3.63) is 0 Å². The summed E-state index contributed by atoms with van der Waals surface area (Å²) in [5.74, 6) is 0.276. The molecule has 0 fully saturated rings. The molecule has 20 heavy (non-hydrogen) atoms. The first-order valence-corrected chi connectivity index (χ1v) is 7.51. The van der Waals surface area contributed by atoms with E-state index < -0.39 is 5.24 Å². The zero-order valence-corrected chi connectivity index (χ0v) is 14.3. The first-order chi connectivity index (χ1) is 9.31. The number of hydrogen-bond donors (Lipinski definition) is 2. The van der Waals surface area contributed by atoms with E-state index in [1.54, 1.807) is 4.90 Å². The van der Waals surface area contributed by atoms with Crippen molar-refractivity contribution >= 4 is 41.0 Å². The number of nitrogens with two attached hydrogens (primary N) is 1. The van der Waals surface area contributed by atoms with Crippen molar-refractivity contribution in [2.75, 3.05) is 20.7 Å². The third kappa shape index (κ3) is 19.5. The molecule has 0 unspecified atom stereocenters. The Hall–Kier alpha value is -0.820. The normalized spacial score (nSPS) is 9.20. The SMILES string of the molecule is CCCCCCC(=O)CCOC(=S)N(C)C.NC(=O)S. The average Bonchev–Trinajstić information content (AvgIpc) is 2.33. The van der Waals surface area contributed by atoms with Crippen LogP contribution in [-0.4, -0.2) is 41.8 Å². The Labute approximate surface area is 132 Å². The molecule has 118 valence electrons. The molecule has 0 spiro atoms. The van der Waals surface area contributed by atoms with Gasteiger partial charge in [-0.05, 0) is 18.6 Å². The van der Waals surface area contributed by atoms with Crippen LogP contribution in [0.15, 0.2) is 0 Å². The van der Waals surface area contributed by atoms with E-state index in [-0.39, 0.29) is 5.78 Å². The topological polar surface area (TPSA) is 72.6 Å². The average molecular weight is 322 g/mol. The Morgan fingerprint density at radius 3 is 2.20 bits per heavy atom. The standard InChI is InChI=1S/C12H23NO2S.CH3NOS/c1-4-5-6-7-8-11(14)9-10-15-12(16)13(2)3;2-1(3)4/h4-10H2,1-3H3;(H3,2,3,4). The third-order valence-electron chi connectivity index (χ3n) is 2.28. The number of unbranched alkanes of at least 4 members (excludes halogenated alkanes) is 3. The predicted molar refractivity (Wildman–Crippen MR) is 89.2 cm³/mol. The number of hydrogen-bond acceptors (Lipinski definition) is 4. The minimum absolute atomic E-state index is 0.276. The molecule has 0 atom stereocenters. The van der Waals surface area contributed by atoms with Crippen molar-refractivity contribution in [2.24, 2.45) is 5.73 Å². The Morgan fingerprint density at radius 2 is 1.75 bits per heavy atom. The Kier molecular flexibility index (Phi) is 15.7. The monoisotopic (exact) mass is 322 g/mol. The highest BCUT2D eigenvalue weighted by Crippen LogP contribution is 2.04. The van der Waals surface area contributed by atoms with E-state index in [0.29, 0.717) is 24.6 Å². The number of carbonyl (C=O) groups is 2. The predicted octanol–water partition coefficient (Wildman–Crippen LogP) is 2.77. The molecule has 5 nitrogen and oxygen atoms in total. The lowest BCUT2D eigenvalue weighted by Crippen LogP contribution is -2.23. The number of rotatable bonds is 8. The lowest BCUT2D eigenvalue weighted by Gasteiger charge is -2.13. The largest absolute Gasteiger partial charge is 0.470 e. The molecular weight excluding hydrogens is 296 g/mol.